The number of guanidine groups is 1. The van der Waals surface area contributed by atoms with Gasteiger partial charge in [-0.2, -0.15) is 5.10 Å². The highest BCUT2D eigenvalue weighted by molar-refractivity contribution is 7.17. The number of aryl methyl sites for hydroxylation is 2. The fourth-order valence-corrected chi connectivity index (χ4v) is 4.34. The van der Waals surface area contributed by atoms with E-state index < -0.39 is 0 Å². The van der Waals surface area contributed by atoms with Crippen molar-refractivity contribution in [2.24, 2.45) is 21.7 Å². The molecule has 2 heterocycles. The maximum absolute atomic E-state index is 5.34. The van der Waals surface area contributed by atoms with E-state index in [1.165, 1.54) is 10.4 Å². The molecule has 7 heteroatoms. The number of hydrogen-bond acceptors (Lipinski definition) is 5. The molecule has 0 bridgehead atoms. The van der Waals surface area contributed by atoms with Gasteiger partial charge in [0.05, 0.1) is 16.3 Å². The van der Waals surface area contributed by atoms with E-state index in [4.69, 9.17) is 11.5 Å². The lowest BCUT2D eigenvalue weighted by atomic mass is 10.1. The lowest BCUT2D eigenvalue weighted by Crippen LogP contribution is -2.22. The van der Waals surface area contributed by atoms with Crippen molar-refractivity contribution < 1.29 is 0 Å². The van der Waals surface area contributed by atoms with Crippen molar-refractivity contribution in [3.8, 4) is 22.4 Å². The smallest absolute Gasteiger partial charge is 0.211 e. The van der Waals surface area contributed by atoms with E-state index in [9.17, 15) is 0 Å². The number of rotatable bonds is 3. The molecule has 4 N–H and O–H groups in total. The molecular weight excluding hydrogens is 386 g/mol. The molecule has 3 aromatic rings. The quantitative estimate of drug-likeness (QED) is 0.295. The van der Waals surface area contributed by atoms with Gasteiger partial charge in [-0.15, -0.1) is 27.8 Å². The van der Waals surface area contributed by atoms with E-state index in [0.29, 0.717) is 0 Å². The Morgan fingerprint density at radius 1 is 1.04 bits per heavy atom. The third-order valence-corrected chi connectivity index (χ3v) is 6.53. The second-order valence-corrected chi connectivity index (χ2v) is 8.38. The van der Waals surface area contributed by atoms with E-state index in [-0.39, 0.29) is 5.96 Å². The summed E-state index contributed by atoms with van der Waals surface area (Å²) in [7, 11) is 0. The Balaban J connectivity index is 1.83. The number of nitrogens with two attached hydrogens (primary N) is 2. The van der Waals surface area contributed by atoms with E-state index in [2.05, 4.69) is 46.3 Å². The first kappa shape index (κ1) is 19.8. The Morgan fingerprint density at radius 3 is 2.36 bits per heavy atom. The zero-order valence-electron chi connectivity index (χ0n) is 16.2. The molecule has 0 aliphatic carbocycles. The first-order chi connectivity index (χ1) is 13.3. The molecule has 0 aliphatic rings. The Labute approximate surface area is 172 Å². The first-order valence-electron chi connectivity index (χ1n) is 8.63. The van der Waals surface area contributed by atoms with Gasteiger partial charge in [0.15, 0.2) is 0 Å². The van der Waals surface area contributed by atoms with Gasteiger partial charge in [0.2, 0.25) is 5.96 Å². The zero-order valence-corrected chi connectivity index (χ0v) is 17.8. The van der Waals surface area contributed by atoms with Gasteiger partial charge < -0.3 is 11.5 Å². The van der Waals surface area contributed by atoms with Crippen LogP contribution < -0.4 is 11.5 Å². The minimum atomic E-state index is -0.0637. The topological polar surface area (TPSA) is 89.6 Å². The Kier molecular flexibility index (Phi) is 5.93. The molecule has 0 atom stereocenters. The van der Waals surface area contributed by atoms with E-state index in [1.807, 2.05) is 38.1 Å². The van der Waals surface area contributed by atoms with Gasteiger partial charge in [-0.3, -0.25) is 0 Å². The summed E-state index contributed by atoms with van der Waals surface area (Å²) >= 11 is 3.30. The van der Waals surface area contributed by atoms with E-state index >= 15 is 0 Å². The molecular formula is C21H21N5S2. The molecule has 3 rings (SSSR count). The maximum atomic E-state index is 5.34. The molecule has 5 nitrogen and oxygen atoms in total. The normalized spacial score (nSPS) is 11.1. The fraction of sp³-hybridized carbons (Fsp3) is 0.190. The summed E-state index contributed by atoms with van der Waals surface area (Å²) in [6.45, 7) is 8.05. The Morgan fingerprint density at radius 2 is 1.75 bits per heavy atom. The van der Waals surface area contributed by atoms with Crippen molar-refractivity contribution in [1.29, 1.82) is 0 Å². The summed E-state index contributed by atoms with van der Waals surface area (Å²) in [5.41, 5.74) is 16.7. The second kappa shape index (κ2) is 8.38. The summed E-state index contributed by atoms with van der Waals surface area (Å²) in [6.07, 6.45) is 0. The standard InChI is InChI=1S/C21H21N5S2/c1-12-15(4)27-11-18(12)10-7-16-5-8-17(9-6-16)20-24-13(2)19(28-20)14(3)25-26-21(22)23/h5-6,8-9,11H,1-4H3,(H4,22,23,26)/b25-14+. The maximum Gasteiger partial charge on any atom is 0.211 e. The van der Waals surface area contributed by atoms with Gasteiger partial charge in [-0.25, -0.2) is 4.98 Å². The Bertz CT molecular complexity index is 1120. The van der Waals surface area contributed by atoms with Gasteiger partial charge in [0.1, 0.15) is 5.01 Å². The van der Waals surface area contributed by atoms with E-state index in [0.717, 1.165) is 38.0 Å². The Hall–Kier alpha value is -2.95. The molecule has 0 aliphatic heterocycles. The van der Waals surface area contributed by atoms with Crippen LogP contribution in [-0.2, 0) is 0 Å². The molecule has 0 amide bonds. The van der Waals surface area contributed by atoms with Crippen LogP contribution in [0.4, 0.5) is 0 Å². The molecule has 0 saturated carbocycles. The lowest BCUT2D eigenvalue weighted by molar-refractivity contribution is 1.19. The molecule has 0 unspecified atom stereocenters. The van der Waals surface area contributed by atoms with Crippen LogP contribution in [0.25, 0.3) is 10.6 Å². The average molecular weight is 408 g/mol. The van der Waals surface area contributed by atoms with Crippen molar-refractivity contribution in [1.82, 2.24) is 4.98 Å². The number of hydrogen-bond donors (Lipinski definition) is 2. The van der Waals surface area contributed by atoms with Crippen LogP contribution in [0.3, 0.4) is 0 Å². The van der Waals surface area contributed by atoms with Crippen molar-refractivity contribution >= 4 is 34.3 Å². The van der Waals surface area contributed by atoms with Gasteiger partial charge >= 0.3 is 0 Å². The third-order valence-electron chi connectivity index (χ3n) is 4.20. The number of benzene rings is 1. The fourth-order valence-electron chi connectivity index (χ4n) is 2.51. The molecule has 0 spiro atoms. The van der Waals surface area contributed by atoms with Gasteiger partial charge in [0.25, 0.3) is 0 Å². The monoisotopic (exact) mass is 407 g/mol. The van der Waals surface area contributed by atoms with Crippen LogP contribution in [0.5, 0.6) is 0 Å². The highest BCUT2D eigenvalue weighted by Gasteiger charge is 2.12. The van der Waals surface area contributed by atoms with Crippen molar-refractivity contribution in [3.05, 3.63) is 61.8 Å². The highest BCUT2D eigenvalue weighted by Crippen LogP contribution is 2.28. The van der Waals surface area contributed by atoms with Crippen LogP contribution in [0.1, 0.15) is 39.1 Å². The van der Waals surface area contributed by atoms with Gasteiger partial charge in [-0.1, -0.05) is 24.0 Å². The average Bonchev–Trinajstić information content (AvgIpc) is 3.21. The van der Waals surface area contributed by atoms with Crippen molar-refractivity contribution in [3.63, 3.8) is 0 Å². The largest absolute Gasteiger partial charge is 0.369 e. The predicted molar refractivity (Wildman–Crippen MR) is 120 cm³/mol. The molecule has 28 heavy (non-hydrogen) atoms. The van der Waals surface area contributed by atoms with E-state index in [1.54, 1.807) is 22.7 Å². The van der Waals surface area contributed by atoms with Crippen molar-refractivity contribution in [2.45, 2.75) is 27.7 Å². The summed E-state index contributed by atoms with van der Waals surface area (Å²) < 4.78 is 0. The summed E-state index contributed by atoms with van der Waals surface area (Å²) in [4.78, 5) is 6.94. The molecule has 142 valence electrons. The van der Waals surface area contributed by atoms with Crippen LogP contribution in [0, 0.1) is 32.6 Å². The van der Waals surface area contributed by atoms with Gasteiger partial charge in [0, 0.05) is 26.9 Å². The minimum absolute atomic E-state index is 0.0637. The first-order valence-corrected chi connectivity index (χ1v) is 10.3. The summed E-state index contributed by atoms with van der Waals surface area (Å²) in [5, 5.41) is 10.8. The zero-order chi connectivity index (χ0) is 20.3. The lowest BCUT2D eigenvalue weighted by Gasteiger charge is -1.96. The molecule has 0 fully saturated rings. The third kappa shape index (κ3) is 4.47. The van der Waals surface area contributed by atoms with Crippen LogP contribution >= 0.6 is 22.7 Å². The summed E-state index contributed by atoms with van der Waals surface area (Å²) in [6, 6.07) is 8.13. The number of nitrogens with zero attached hydrogens (tertiary/aromatic N) is 3. The highest BCUT2D eigenvalue weighted by atomic mass is 32.1. The van der Waals surface area contributed by atoms with Crippen LogP contribution in [0.15, 0.2) is 39.8 Å². The van der Waals surface area contributed by atoms with Crippen LogP contribution in [0.2, 0.25) is 0 Å². The molecule has 0 saturated heterocycles. The predicted octanol–water partition coefficient (Wildman–Crippen LogP) is 4.19. The second-order valence-electron chi connectivity index (χ2n) is 6.30. The number of aromatic nitrogens is 1. The molecule has 2 aromatic heterocycles. The van der Waals surface area contributed by atoms with Crippen LogP contribution in [-0.4, -0.2) is 16.7 Å². The van der Waals surface area contributed by atoms with Crippen molar-refractivity contribution in [2.75, 3.05) is 0 Å². The molecule has 1 aromatic carbocycles. The minimum Gasteiger partial charge on any atom is -0.369 e. The summed E-state index contributed by atoms with van der Waals surface area (Å²) in [5.74, 6) is 6.43. The number of thiophene rings is 1. The SMILES string of the molecule is C/C(=N\N=C(N)N)c1sc(-c2ccc(C#Cc3csc(C)c3C)cc2)nc1C. The van der Waals surface area contributed by atoms with Gasteiger partial charge in [-0.05, 0) is 45.4 Å². The molecule has 0 radical (unpaired) electrons. The number of thiazole rings is 1.